The summed E-state index contributed by atoms with van der Waals surface area (Å²) in [6.07, 6.45) is 1.06. The molecule has 3 aromatic carbocycles. The molecule has 1 aromatic heterocycles. The van der Waals surface area contributed by atoms with Crippen LogP contribution in [0, 0.1) is 12.8 Å². The Morgan fingerprint density at radius 3 is 1.93 bits per heavy atom. The Balaban J connectivity index is 1.28. The third-order valence-electron chi connectivity index (χ3n) is 18.4. The Morgan fingerprint density at radius 2 is 1.27 bits per heavy atom. The fourth-order valence-corrected chi connectivity index (χ4v) is 15.0. The van der Waals surface area contributed by atoms with Crippen molar-refractivity contribution in [3.8, 4) is 5.75 Å². The van der Waals surface area contributed by atoms with Gasteiger partial charge in [-0.25, -0.2) is 0 Å². The van der Waals surface area contributed by atoms with Crippen molar-refractivity contribution < 1.29 is 77.3 Å². The summed E-state index contributed by atoms with van der Waals surface area (Å²) in [5.74, 6) is -14.4. The van der Waals surface area contributed by atoms with Gasteiger partial charge in [0.1, 0.15) is 66.2 Å². The number of nitrogens with two attached hydrogens (primary N) is 5. The lowest BCUT2D eigenvalue weighted by Gasteiger charge is -2.30. The Kier molecular flexibility index (Phi) is 32.4. The van der Waals surface area contributed by atoms with Gasteiger partial charge in [-0.05, 0) is 106 Å². The smallest absolute Gasteiger partial charge is 0.303 e. The van der Waals surface area contributed by atoms with Crippen molar-refractivity contribution in [2.45, 2.75) is 189 Å². The van der Waals surface area contributed by atoms with E-state index in [-0.39, 0.29) is 87.2 Å². The lowest BCUT2D eigenvalue weighted by molar-refractivity contribution is -0.140. The van der Waals surface area contributed by atoms with Crippen molar-refractivity contribution in [2.24, 2.45) is 39.6 Å². The van der Waals surface area contributed by atoms with Crippen LogP contribution in [0.15, 0.2) is 84.0 Å². The van der Waals surface area contributed by atoms with Crippen molar-refractivity contribution in [3.63, 3.8) is 0 Å². The van der Waals surface area contributed by atoms with Gasteiger partial charge in [-0.3, -0.25) is 72.1 Å². The van der Waals surface area contributed by atoms with Crippen LogP contribution in [-0.4, -0.2) is 206 Å². The Morgan fingerprint density at radius 1 is 0.664 bits per heavy atom. The molecule has 2 saturated heterocycles. The number of amides is 13. The molecule has 11 atom stereocenters. The number of H-pyrrole nitrogens is 1. The number of carboxylic acid groups (broad SMARTS) is 1. The molecule has 3 heterocycles. The van der Waals surface area contributed by atoms with E-state index in [1.54, 1.807) is 61.7 Å². The number of rotatable bonds is 24. The van der Waals surface area contributed by atoms with Gasteiger partial charge in [-0.15, -0.1) is 0 Å². The number of aromatic nitrogens is 1. The molecule has 36 heteroatoms. The maximum atomic E-state index is 15.3. The van der Waals surface area contributed by atoms with Crippen molar-refractivity contribution >= 4 is 121 Å². The molecule has 2 aliphatic heterocycles. The van der Waals surface area contributed by atoms with Crippen LogP contribution in [0.25, 0.3) is 10.9 Å². The third-order valence-corrected chi connectivity index (χ3v) is 20.9. The number of aromatic hydroxyl groups is 1. The number of aromatic amines is 1. The maximum Gasteiger partial charge on any atom is 0.303 e. The second-order valence-electron chi connectivity index (χ2n) is 27.0. The highest BCUT2D eigenvalue weighted by molar-refractivity contribution is 8.76. The number of fused-ring (bicyclic) bond motifs is 1. The number of nitrogens with zero attached hydrogens (tertiary/aromatic N) is 2. The van der Waals surface area contributed by atoms with E-state index in [0.29, 0.717) is 59.7 Å². The van der Waals surface area contributed by atoms with Gasteiger partial charge in [-0.1, -0.05) is 94.6 Å². The number of para-hydroxylation sites is 1. The van der Waals surface area contributed by atoms with Gasteiger partial charge in [0.2, 0.25) is 76.8 Å². The number of hydrogen-bond acceptors (Lipinski definition) is 19. The Labute approximate surface area is 625 Å². The number of likely N-dealkylation sites (tertiary alicyclic amines) is 1. The summed E-state index contributed by atoms with van der Waals surface area (Å²) in [4.78, 5) is 207. The number of hydrogen-bond donors (Lipinski definition) is 18. The molecular weight excluding hydrogens is 1430 g/mol. The third kappa shape index (κ3) is 26.8. The van der Waals surface area contributed by atoms with Gasteiger partial charge < -0.3 is 102 Å². The quantitative estimate of drug-likeness (QED) is 0.0157. The van der Waals surface area contributed by atoms with E-state index < -0.39 is 188 Å². The number of carbonyl (C=O) groups excluding carboxylic acids is 13. The first-order valence-corrected chi connectivity index (χ1v) is 38.0. The van der Waals surface area contributed by atoms with Gasteiger partial charge in [0.15, 0.2) is 5.96 Å². The number of primary amides is 2. The van der Waals surface area contributed by atoms with Crippen LogP contribution in [0.5, 0.6) is 5.75 Å². The van der Waals surface area contributed by atoms with Crippen molar-refractivity contribution in [1.82, 2.24) is 63.1 Å². The molecule has 580 valence electrons. The zero-order valence-corrected chi connectivity index (χ0v) is 61.3. The number of aliphatic carboxylic acids is 1. The minimum atomic E-state index is -1.74. The van der Waals surface area contributed by atoms with E-state index in [9.17, 15) is 63.0 Å². The summed E-state index contributed by atoms with van der Waals surface area (Å²) in [7, 11) is 1.77. The zero-order chi connectivity index (χ0) is 77.9. The zero-order valence-electron chi connectivity index (χ0n) is 59.7. The number of guanidine groups is 1. The standard InChI is InChI=1S/C71H98N18O16S2/c1-38-15-17-40(18-16-38)32-51-65(100)81-47(13-7-28-78-71(75)76)62(97)77-29-27-57(92)80-48(23-25-56(73)91)63(98)83-52(34-43-35-79-46-12-6-5-11-45(43)46)67(102)82-49(24-26-59(94)95)64(99)86-53(61(74)96)36-106-107-37-54(68(103)88-60(70(105)85-51)42-9-3-4-10-42)87-66(101)50(33-41-19-21-44(90)22-20-41)84-69(104)55-14-8-30-89(55)58(93)31-39(2)72/h5-6,11-12,15-22,35,39,42,47-55,60,79,90H,3-4,7-10,13-14,23-34,36-37,72H2,1-2H3,(H2,73,91)(H2,74,96)(H,77,97)(H,80,92)(H,81,100)(H,82,102)(H,83,98)(H,84,104)(H,85,105)(H,86,99)(H,87,101)(H,88,103)(H,94,95)(H4,75,76,78)/t39?,47-,48-,49-,50-,51-,52-,53+,54-,55-,60-/m0/s1. The molecule has 1 saturated carbocycles. The second-order valence-corrected chi connectivity index (χ2v) is 29.6. The summed E-state index contributed by atoms with van der Waals surface area (Å²) in [6.45, 7) is 3.33. The second kappa shape index (κ2) is 41.4. The van der Waals surface area contributed by atoms with Crippen molar-refractivity contribution in [3.05, 3.63) is 101 Å². The van der Waals surface area contributed by atoms with Crippen molar-refractivity contribution in [1.29, 1.82) is 0 Å². The molecule has 1 unspecified atom stereocenters. The monoisotopic (exact) mass is 1520 g/mol. The summed E-state index contributed by atoms with van der Waals surface area (Å²) in [6, 6.07) is 4.43. The number of aliphatic imine (C=N–C) groups is 1. The van der Waals surface area contributed by atoms with Gasteiger partial charge in [-0.2, -0.15) is 0 Å². The van der Waals surface area contributed by atoms with Crippen LogP contribution < -0.4 is 81.8 Å². The molecule has 13 amide bonds. The van der Waals surface area contributed by atoms with Gasteiger partial charge in [0.05, 0.1) is 0 Å². The lowest BCUT2D eigenvalue weighted by atomic mass is 9.95. The number of aryl methyl sites for hydroxylation is 1. The number of nitrogens with one attached hydrogen (secondary N) is 11. The van der Waals surface area contributed by atoms with Crippen LogP contribution in [0.1, 0.15) is 119 Å². The molecule has 4 aromatic rings. The topological polar surface area (TPSA) is 561 Å². The highest BCUT2D eigenvalue weighted by Gasteiger charge is 2.41. The number of phenols is 1. The molecule has 1 aliphatic carbocycles. The van der Waals surface area contributed by atoms with E-state index in [1.165, 1.54) is 29.2 Å². The fraction of sp³-hybridized carbons (Fsp3) is 0.507. The molecule has 3 fully saturated rings. The molecule has 34 nitrogen and oxygen atoms in total. The van der Waals surface area contributed by atoms with E-state index in [2.05, 4.69) is 63.1 Å². The Bertz CT molecular complexity index is 3850. The molecule has 0 radical (unpaired) electrons. The van der Waals surface area contributed by atoms with Gasteiger partial charge in [0.25, 0.3) is 0 Å². The van der Waals surface area contributed by atoms with Crippen LogP contribution in [0.2, 0.25) is 0 Å². The summed E-state index contributed by atoms with van der Waals surface area (Å²) in [5.41, 5.74) is 31.6. The molecular formula is C71H98N18O16S2. The highest BCUT2D eigenvalue weighted by Crippen LogP contribution is 2.30. The van der Waals surface area contributed by atoms with Gasteiger partial charge >= 0.3 is 5.97 Å². The average molecular weight is 1520 g/mol. The lowest BCUT2D eigenvalue weighted by Crippen LogP contribution is -2.61. The number of carboxylic acids is 1. The van der Waals surface area contributed by atoms with Crippen LogP contribution in [0.4, 0.5) is 0 Å². The summed E-state index contributed by atoms with van der Waals surface area (Å²) < 4.78 is 0. The molecule has 7 rings (SSSR count). The largest absolute Gasteiger partial charge is 0.508 e. The minimum Gasteiger partial charge on any atom is -0.508 e. The number of carbonyl (C=O) groups is 14. The van der Waals surface area contributed by atoms with Crippen LogP contribution in [-0.2, 0) is 86.4 Å². The van der Waals surface area contributed by atoms with Gasteiger partial charge in [0, 0.05) is 99.2 Å². The highest BCUT2D eigenvalue weighted by atomic mass is 33.1. The first-order valence-electron chi connectivity index (χ1n) is 35.5. The molecule has 23 N–H and O–H groups in total. The fourth-order valence-electron chi connectivity index (χ4n) is 12.7. The van der Waals surface area contributed by atoms with E-state index in [4.69, 9.17) is 28.7 Å². The SMILES string of the molecule is Cc1ccc(C[C@@H]2NC(=O)[C@H](C3CCCC3)NC(=O)[C@@H](NC(=O)[C@H](Cc3ccc(O)cc3)NC(=O)[C@@H]3CCCN3C(=O)CC(C)N)CSSC[C@H](C(N)=O)NC(=O)[C@H](CCC(=O)O)NC(=O)[C@H](Cc3c[nH]c4ccccc34)NC(=O)[C@H](CCC(N)=O)NC(=O)CCNC(=O)[C@H](CCCN=C(N)N)NC2=O)cc1. The van der Waals surface area contributed by atoms with E-state index in [0.717, 1.165) is 27.2 Å². The van der Waals surface area contributed by atoms with E-state index in [1.807, 2.05) is 6.92 Å². The minimum absolute atomic E-state index is 0.00700. The predicted molar refractivity (Wildman–Crippen MR) is 398 cm³/mol. The van der Waals surface area contributed by atoms with Crippen LogP contribution in [0.3, 0.4) is 0 Å². The predicted octanol–water partition coefficient (Wildman–Crippen LogP) is -1.94. The molecule has 0 bridgehead atoms. The van der Waals surface area contributed by atoms with Crippen molar-refractivity contribution in [2.75, 3.05) is 31.1 Å². The first kappa shape index (κ1) is 83.8. The first-order chi connectivity index (χ1) is 51.0. The number of benzene rings is 3. The molecule has 0 spiro atoms. The molecule has 3 aliphatic rings. The summed E-state index contributed by atoms with van der Waals surface area (Å²) >= 11 is 0. The number of phenolic OH excluding ortho intramolecular Hbond substituents is 1. The maximum absolute atomic E-state index is 15.3. The molecule has 107 heavy (non-hydrogen) atoms. The van der Waals surface area contributed by atoms with E-state index >= 15 is 14.4 Å². The van der Waals surface area contributed by atoms with Crippen LogP contribution >= 0.6 is 21.6 Å². The average Bonchev–Trinajstić information content (AvgIpc) is 1.74. The normalized spacial score (nSPS) is 23.1. The summed E-state index contributed by atoms with van der Waals surface area (Å²) in [5, 5.41) is 47.5. The Hall–Kier alpha value is -10.5.